The summed E-state index contributed by atoms with van der Waals surface area (Å²) in [6, 6.07) is 14.9. The van der Waals surface area contributed by atoms with Crippen LogP contribution in [0.4, 0.5) is 4.39 Å². The molecule has 0 saturated carbocycles. The molecule has 2 aromatic carbocycles. The third-order valence-corrected chi connectivity index (χ3v) is 3.21. The minimum absolute atomic E-state index is 0.115. The molecule has 1 N–H and O–H groups in total. The first-order valence-corrected chi connectivity index (χ1v) is 6.75. The quantitative estimate of drug-likeness (QED) is 0.829. The van der Waals surface area contributed by atoms with Crippen molar-refractivity contribution in [1.29, 1.82) is 0 Å². The molecule has 0 spiro atoms. The number of hydrogen-bond donors (Lipinski definition) is 1. The van der Waals surface area contributed by atoms with Gasteiger partial charge in [-0.15, -0.1) is 0 Å². The minimum atomic E-state index is -0.437. The van der Waals surface area contributed by atoms with Crippen molar-refractivity contribution >= 4 is 5.91 Å². The second-order valence-corrected chi connectivity index (χ2v) is 4.78. The van der Waals surface area contributed by atoms with Gasteiger partial charge in [-0.2, -0.15) is 0 Å². The van der Waals surface area contributed by atoms with E-state index in [9.17, 15) is 9.18 Å². The number of carbonyl (C=O) groups excluding carboxylic acids is 1. The van der Waals surface area contributed by atoms with Gasteiger partial charge in [0.1, 0.15) is 5.82 Å². The Morgan fingerprint density at radius 3 is 2.60 bits per heavy atom. The molecule has 0 atom stereocenters. The number of benzene rings is 2. The molecule has 1 amide bonds. The van der Waals surface area contributed by atoms with E-state index in [0.717, 1.165) is 12.8 Å². The molecule has 0 aliphatic rings. The predicted molar refractivity (Wildman–Crippen MR) is 78.2 cm³/mol. The molecule has 104 valence electrons. The average molecular weight is 271 g/mol. The van der Waals surface area contributed by atoms with E-state index in [0.29, 0.717) is 12.1 Å². The van der Waals surface area contributed by atoms with Crippen molar-refractivity contribution in [3.05, 3.63) is 71.0 Å². The smallest absolute Gasteiger partial charge is 0.254 e. The first kappa shape index (κ1) is 14.3. The van der Waals surface area contributed by atoms with Crippen LogP contribution < -0.4 is 5.32 Å². The van der Waals surface area contributed by atoms with Gasteiger partial charge in [0.2, 0.25) is 0 Å². The van der Waals surface area contributed by atoms with Crippen LogP contribution in [0.1, 0.15) is 27.9 Å². The summed E-state index contributed by atoms with van der Waals surface area (Å²) in [5.41, 5.74) is 1.84. The van der Waals surface area contributed by atoms with Crippen LogP contribution in [0.25, 0.3) is 0 Å². The monoisotopic (exact) mass is 271 g/mol. The molecule has 0 unspecified atom stereocenters. The van der Waals surface area contributed by atoms with Crippen molar-refractivity contribution in [3.63, 3.8) is 0 Å². The summed E-state index contributed by atoms with van der Waals surface area (Å²) >= 11 is 0. The van der Waals surface area contributed by atoms with Gasteiger partial charge >= 0.3 is 0 Å². The fourth-order valence-corrected chi connectivity index (χ4v) is 2.06. The van der Waals surface area contributed by atoms with Gasteiger partial charge in [0.15, 0.2) is 0 Å². The summed E-state index contributed by atoms with van der Waals surface area (Å²) in [6.07, 6.45) is 1.74. The van der Waals surface area contributed by atoms with Gasteiger partial charge in [0.05, 0.1) is 5.56 Å². The molecule has 0 aliphatic heterocycles. The highest BCUT2D eigenvalue weighted by Crippen LogP contribution is 2.11. The lowest BCUT2D eigenvalue weighted by molar-refractivity contribution is 0.0949. The zero-order chi connectivity index (χ0) is 14.4. The van der Waals surface area contributed by atoms with Crippen LogP contribution in [0.5, 0.6) is 0 Å². The van der Waals surface area contributed by atoms with Crippen molar-refractivity contribution in [2.24, 2.45) is 0 Å². The molecule has 0 radical (unpaired) electrons. The summed E-state index contributed by atoms with van der Waals surface area (Å²) in [4.78, 5) is 11.9. The first-order valence-electron chi connectivity index (χ1n) is 6.75. The van der Waals surface area contributed by atoms with Crippen LogP contribution in [-0.4, -0.2) is 12.5 Å². The average Bonchev–Trinajstić information content (AvgIpc) is 2.47. The highest BCUT2D eigenvalue weighted by molar-refractivity contribution is 5.94. The fourth-order valence-electron chi connectivity index (χ4n) is 2.06. The summed E-state index contributed by atoms with van der Waals surface area (Å²) < 4.78 is 13.8. The molecule has 2 nitrogen and oxygen atoms in total. The van der Waals surface area contributed by atoms with Gasteiger partial charge in [-0.25, -0.2) is 4.39 Å². The Morgan fingerprint density at radius 2 is 1.85 bits per heavy atom. The number of carbonyl (C=O) groups is 1. The van der Waals surface area contributed by atoms with Gasteiger partial charge < -0.3 is 5.32 Å². The van der Waals surface area contributed by atoms with E-state index in [1.54, 1.807) is 19.1 Å². The Kier molecular flexibility index (Phi) is 4.88. The topological polar surface area (TPSA) is 29.1 Å². The van der Waals surface area contributed by atoms with Gasteiger partial charge in [0.25, 0.3) is 5.91 Å². The zero-order valence-electron chi connectivity index (χ0n) is 11.5. The highest BCUT2D eigenvalue weighted by Gasteiger charge is 2.12. The summed E-state index contributed by atoms with van der Waals surface area (Å²) in [6.45, 7) is 2.20. The maximum atomic E-state index is 13.8. The molecule has 0 bridgehead atoms. The number of hydrogen-bond acceptors (Lipinski definition) is 1. The second kappa shape index (κ2) is 6.85. The normalized spacial score (nSPS) is 10.3. The summed E-state index contributed by atoms with van der Waals surface area (Å²) in [7, 11) is 0. The third kappa shape index (κ3) is 3.67. The molecule has 2 rings (SSSR count). The van der Waals surface area contributed by atoms with Crippen LogP contribution in [0.3, 0.4) is 0 Å². The van der Waals surface area contributed by atoms with Crippen LogP contribution in [0.15, 0.2) is 48.5 Å². The van der Waals surface area contributed by atoms with Crippen molar-refractivity contribution < 1.29 is 9.18 Å². The van der Waals surface area contributed by atoms with Crippen LogP contribution in [0.2, 0.25) is 0 Å². The molecule has 2 aromatic rings. The van der Waals surface area contributed by atoms with Crippen LogP contribution in [0, 0.1) is 12.7 Å². The van der Waals surface area contributed by atoms with E-state index in [4.69, 9.17) is 0 Å². The number of halogens is 1. The first-order chi connectivity index (χ1) is 9.68. The van der Waals surface area contributed by atoms with Gasteiger partial charge in [-0.05, 0) is 37.0 Å². The molecule has 3 heteroatoms. The standard InChI is InChI=1S/C17H18FNO/c1-13-7-5-11-15(16(13)18)17(20)19-12-6-10-14-8-3-2-4-9-14/h2-5,7-9,11H,6,10,12H2,1H3,(H,19,20). The number of nitrogens with one attached hydrogen (secondary N) is 1. The molecule has 0 aliphatic carbocycles. The Labute approximate surface area is 118 Å². The highest BCUT2D eigenvalue weighted by atomic mass is 19.1. The molecular weight excluding hydrogens is 253 g/mol. The molecule has 0 fully saturated rings. The molecule has 0 saturated heterocycles. The van der Waals surface area contributed by atoms with Gasteiger partial charge in [-0.1, -0.05) is 42.5 Å². The minimum Gasteiger partial charge on any atom is -0.352 e. The summed E-state index contributed by atoms with van der Waals surface area (Å²) in [5, 5.41) is 2.76. The lowest BCUT2D eigenvalue weighted by Crippen LogP contribution is -2.25. The zero-order valence-corrected chi connectivity index (χ0v) is 11.5. The summed E-state index contributed by atoms with van der Waals surface area (Å²) in [5.74, 6) is -0.785. The SMILES string of the molecule is Cc1cccc(C(=O)NCCCc2ccccc2)c1F. The van der Waals surface area contributed by atoms with E-state index >= 15 is 0 Å². The number of amides is 1. The third-order valence-electron chi connectivity index (χ3n) is 3.21. The fraction of sp³-hybridized carbons (Fsp3) is 0.235. The Balaban J connectivity index is 1.82. The van der Waals surface area contributed by atoms with Crippen LogP contribution >= 0.6 is 0 Å². The Hall–Kier alpha value is -2.16. The van der Waals surface area contributed by atoms with E-state index in [-0.39, 0.29) is 11.5 Å². The van der Waals surface area contributed by atoms with E-state index in [1.165, 1.54) is 11.6 Å². The maximum absolute atomic E-state index is 13.8. The van der Waals surface area contributed by atoms with Crippen molar-refractivity contribution in [2.75, 3.05) is 6.54 Å². The van der Waals surface area contributed by atoms with Gasteiger partial charge in [0, 0.05) is 6.54 Å². The van der Waals surface area contributed by atoms with Crippen molar-refractivity contribution in [2.45, 2.75) is 19.8 Å². The molecular formula is C17H18FNO. The lowest BCUT2D eigenvalue weighted by atomic mass is 10.1. The number of aryl methyl sites for hydroxylation is 2. The van der Waals surface area contributed by atoms with E-state index < -0.39 is 5.82 Å². The maximum Gasteiger partial charge on any atom is 0.254 e. The second-order valence-electron chi connectivity index (χ2n) is 4.78. The van der Waals surface area contributed by atoms with Crippen molar-refractivity contribution in [3.8, 4) is 0 Å². The van der Waals surface area contributed by atoms with Crippen molar-refractivity contribution in [1.82, 2.24) is 5.32 Å². The van der Waals surface area contributed by atoms with Gasteiger partial charge in [-0.3, -0.25) is 4.79 Å². The Morgan fingerprint density at radius 1 is 1.10 bits per heavy atom. The molecule has 20 heavy (non-hydrogen) atoms. The molecule has 0 aromatic heterocycles. The van der Waals surface area contributed by atoms with E-state index in [2.05, 4.69) is 17.4 Å². The largest absolute Gasteiger partial charge is 0.352 e. The number of rotatable bonds is 5. The lowest BCUT2D eigenvalue weighted by Gasteiger charge is -2.07. The Bertz CT molecular complexity index is 581. The van der Waals surface area contributed by atoms with Crippen LogP contribution in [-0.2, 0) is 6.42 Å². The predicted octanol–water partition coefficient (Wildman–Crippen LogP) is 3.50. The molecule has 0 heterocycles. The van der Waals surface area contributed by atoms with E-state index in [1.807, 2.05) is 18.2 Å².